The van der Waals surface area contributed by atoms with Crippen molar-refractivity contribution in [3.8, 4) is 5.69 Å². The van der Waals surface area contributed by atoms with E-state index in [1.807, 2.05) is 36.0 Å². The van der Waals surface area contributed by atoms with Gasteiger partial charge in [-0.2, -0.15) is 5.10 Å². The molecule has 1 unspecified atom stereocenters. The van der Waals surface area contributed by atoms with E-state index in [2.05, 4.69) is 28.2 Å². The molecule has 2 aromatic rings. The molecule has 0 radical (unpaired) electrons. The first-order chi connectivity index (χ1) is 10.1. The van der Waals surface area contributed by atoms with E-state index < -0.39 is 5.60 Å². The van der Waals surface area contributed by atoms with Gasteiger partial charge in [-0.05, 0) is 50.9 Å². The fourth-order valence-corrected chi connectivity index (χ4v) is 2.88. The van der Waals surface area contributed by atoms with E-state index in [4.69, 9.17) is 0 Å². The summed E-state index contributed by atoms with van der Waals surface area (Å²) in [7, 11) is 0. The predicted octanol–water partition coefficient (Wildman–Crippen LogP) is 2.61. The van der Waals surface area contributed by atoms with Crippen LogP contribution in [0.4, 0.5) is 0 Å². The highest BCUT2D eigenvalue weighted by molar-refractivity contribution is 5.30. The van der Waals surface area contributed by atoms with E-state index in [0.717, 1.165) is 50.3 Å². The van der Waals surface area contributed by atoms with Crippen molar-refractivity contribution in [1.82, 2.24) is 14.7 Å². The summed E-state index contributed by atoms with van der Waals surface area (Å²) in [6.45, 7) is 4.77. The van der Waals surface area contributed by atoms with Crippen LogP contribution in [-0.2, 0) is 6.54 Å². The Kier molecular flexibility index (Phi) is 4.08. The lowest BCUT2D eigenvalue weighted by atomic mass is 9.98. The zero-order valence-electron chi connectivity index (χ0n) is 12.6. The average Bonchev–Trinajstić information content (AvgIpc) is 2.87. The highest BCUT2D eigenvalue weighted by Gasteiger charge is 2.25. The number of hydrogen-bond donors (Lipinski definition) is 1. The molecule has 1 aliphatic heterocycles. The Hall–Kier alpha value is -1.65. The molecule has 1 saturated heterocycles. The second kappa shape index (κ2) is 6.00. The van der Waals surface area contributed by atoms with Gasteiger partial charge in [-0.25, -0.2) is 4.68 Å². The first-order valence-electron chi connectivity index (χ1n) is 7.67. The Morgan fingerprint density at radius 3 is 2.76 bits per heavy atom. The standard InChI is InChI=1S/C17H23N3O/c1-17(21)9-5-11-19(13-10-17)14-15-8-12-20(18-15)16-6-3-2-4-7-16/h2-4,6-8,12,21H,5,9-11,13-14H2,1H3. The Bertz CT molecular complexity index is 577. The highest BCUT2D eigenvalue weighted by atomic mass is 16.3. The van der Waals surface area contributed by atoms with Gasteiger partial charge in [0.05, 0.1) is 17.0 Å². The highest BCUT2D eigenvalue weighted by Crippen LogP contribution is 2.22. The molecule has 1 aromatic heterocycles. The Morgan fingerprint density at radius 1 is 1.14 bits per heavy atom. The summed E-state index contributed by atoms with van der Waals surface area (Å²) in [5, 5.41) is 14.8. The zero-order valence-corrected chi connectivity index (χ0v) is 12.6. The smallest absolute Gasteiger partial charge is 0.0769 e. The molecule has 0 spiro atoms. The van der Waals surface area contributed by atoms with Crippen molar-refractivity contribution in [3.05, 3.63) is 48.3 Å². The summed E-state index contributed by atoms with van der Waals surface area (Å²) in [5.41, 5.74) is 1.67. The average molecular weight is 285 g/mol. The molecule has 1 aromatic carbocycles. The molecule has 3 rings (SSSR count). The summed E-state index contributed by atoms with van der Waals surface area (Å²) < 4.78 is 1.92. The van der Waals surface area contributed by atoms with Crippen LogP contribution in [0.3, 0.4) is 0 Å². The van der Waals surface area contributed by atoms with Gasteiger partial charge in [-0.3, -0.25) is 4.90 Å². The van der Waals surface area contributed by atoms with Crippen molar-refractivity contribution in [2.45, 2.75) is 38.3 Å². The van der Waals surface area contributed by atoms with Gasteiger partial charge < -0.3 is 5.11 Å². The summed E-state index contributed by atoms with van der Waals surface area (Å²) in [5.74, 6) is 0. The molecular formula is C17H23N3O. The minimum atomic E-state index is -0.502. The molecule has 2 heterocycles. The molecule has 1 atom stereocenters. The number of aliphatic hydroxyl groups is 1. The van der Waals surface area contributed by atoms with E-state index in [1.165, 1.54) is 0 Å². The third-order valence-electron chi connectivity index (χ3n) is 4.21. The molecule has 4 heteroatoms. The van der Waals surface area contributed by atoms with Crippen molar-refractivity contribution >= 4 is 0 Å². The van der Waals surface area contributed by atoms with Crippen LogP contribution >= 0.6 is 0 Å². The third kappa shape index (κ3) is 3.71. The number of benzene rings is 1. The summed E-state index contributed by atoms with van der Waals surface area (Å²) in [6, 6.07) is 12.2. The van der Waals surface area contributed by atoms with Crippen LogP contribution in [0.25, 0.3) is 5.69 Å². The fourth-order valence-electron chi connectivity index (χ4n) is 2.88. The Morgan fingerprint density at radius 2 is 1.95 bits per heavy atom. The lowest BCUT2D eigenvalue weighted by Crippen LogP contribution is -2.28. The van der Waals surface area contributed by atoms with Gasteiger partial charge in [0.1, 0.15) is 0 Å². The maximum absolute atomic E-state index is 10.1. The van der Waals surface area contributed by atoms with E-state index >= 15 is 0 Å². The maximum atomic E-state index is 10.1. The Labute approximate surface area is 126 Å². The molecule has 4 nitrogen and oxygen atoms in total. The van der Waals surface area contributed by atoms with Crippen molar-refractivity contribution in [2.24, 2.45) is 0 Å². The van der Waals surface area contributed by atoms with Gasteiger partial charge in [-0.1, -0.05) is 18.2 Å². The van der Waals surface area contributed by atoms with Gasteiger partial charge >= 0.3 is 0 Å². The number of likely N-dealkylation sites (tertiary alicyclic amines) is 1. The van der Waals surface area contributed by atoms with E-state index in [0.29, 0.717) is 0 Å². The van der Waals surface area contributed by atoms with Crippen LogP contribution in [0.15, 0.2) is 42.6 Å². The molecule has 0 bridgehead atoms. The number of para-hydroxylation sites is 1. The largest absolute Gasteiger partial charge is 0.390 e. The minimum absolute atomic E-state index is 0.502. The Balaban J connectivity index is 1.65. The van der Waals surface area contributed by atoms with Crippen molar-refractivity contribution in [1.29, 1.82) is 0 Å². The van der Waals surface area contributed by atoms with Crippen molar-refractivity contribution in [2.75, 3.05) is 13.1 Å². The molecule has 0 saturated carbocycles. The molecule has 0 aliphatic carbocycles. The van der Waals surface area contributed by atoms with Gasteiger partial charge in [0, 0.05) is 19.3 Å². The van der Waals surface area contributed by atoms with Gasteiger partial charge in [-0.15, -0.1) is 0 Å². The number of rotatable bonds is 3. The topological polar surface area (TPSA) is 41.3 Å². The van der Waals surface area contributed by atoms with E-state index in [1.54, 1.807) is 0 Å². The van der Waals surface area contributed by atoms with E-state index in [-0.39, 0.29) is 0 Å². The van der Waals surface area contributed by atoms with Crippen LogP contribution in [-0.4, -0.2) is 38.5 Å². The third-order valence-corrected chi connectivity index (χ3v) is 4.21. The fraction of sp³-hybridized carbons (Fsp3) is 0.471. The second-order valence-electron chi connectivity index (χ2n) is 6.21. The normalized spacial score (nSPS) is 23.9. The number of hydrogen-bond acceptors (Lipinski definition) is 3. The first-order valence-corrected chi connectivity index (χ1v) is 7.67. The molecule has 112 valence electrons. The number of aromatic nitrogens is 2. The lowest BCUT2D eigenvalue weighted by Gasteiger charge is -2.21. The van der Waals surface area contributed by atoms with Crippen molar-refractivity contribution < 1.29 is 5.11 Å². The van der Waals surface area contributed by atoms with Crippen LogP contribution < -0.4 is 0 Å². The molecule has 1 aliphatic rings. The van der Waals surface area contributed by atoms with Crippen LogP contribution in [0.2, 0.25) is 0 Å². The summed E-state index contributed by atoms with van der Waals surface area (Å²) in [4.78, 5) is 2.39. The van der Waals surface area contributed by atoms with Crippen LogP contribution in [0.5, 0.6) is 0 Å². The van der Waals surface area contributed by atoms with Crippen LogP contribution in [0.1, 0.15) is 31.9 Å². The van der Waals surface area contributed by atoms with Crippen molar-refractivity contribution in [3.63, 3.8) is 0 Å². The molecule has 21 heavy (non-hydrogen) atoms. The molecule has 1 N–H and O–H groups in total. The molecule has 1 fully saturated rings. The molecular weight excluding hydrogens is 262 g/mol. The first kappa shape index (κ1) is 14.3. The maximum Gasteiger partial charge on any atom is 0.0769 e. The molecule has 0 amide bonds. The monoisotopic (exact) mass is 285 g/mol. The summed E-state index contributed by atoms with van der Waals surface area (Å²) >= 11 is 0. The lowest BCUT2D eigenvalue weighted by molar-refractivity contribution is 0.0444. The zero-order chi connectivity index (χ0) is 14.7. The van der Waals surface area contributed by atoms with Crippen LogP contribution in [0, 0.1) is 0 Å². The van der Waals surface area contributed by atoms with Gasteiger partial charge in [0.25, 0.3) is 0 Å². The van der Waals surface area contributed by atoms with Gasteiger partial charge in [0.2, 0.25) is 0 Å². The van der Waals surface area contributed by atoms with Gasteiger partial charge in [0.15, 0.2) is 0 Å². The second-order valence-corrected chi connectivity index (χ2v) is 6.21. The number of nitrogens with zero attached hydrogens (tertiary/aromatic N) is 3. The quantitative estimate of drug-likeness (QED) is 0.942. The SMILES string of the molecule is CC1(O)CCCN(Cc2ccn(-c3ccccc3)n2)CC1. The minimum Gasteiger partial charge on any atom is -0.390 e. The van der Waals surface area contributed by atoms with E-state index in [9.17, 15) is 5.11 Å². The predicted molar refractivity (Wildman–Crippen MR) is 83.3 cm³/mol. The summed E-state index contributed by atoms with van der Waals surface area (Å²) in [6.07, 6.45) is 4.79.